The monoisotopic (exact) mass is 842 g/mol. The van der Waals surface area contributed by atoms with Crippen LogP contribution in [0.5, 0.6) is 0 Å². The fraction of sp³-hybridized carbons (Fsp3) is 0.881. The van der Waals surface area contributed by atoms with Crippen molar-refractivity contribution in [1.82, 2.24) is 0 Å². The summed E-state index contributed by atoms with van der Waals surface area (Å²) in [6.07, 6.45) is 7.98. The minimum absolute atomic E-state index is 0.0489. The van der Waals surface area contributed by atoms with Crippen molar-refractivity contribution in [3.05, 3.63) is 0 Å². The molecule has 330 valence electrons. The number of carbonyl (C=O) groups is 5. The number of esters is 5. The van der Waals surface area contributed by atoms with Gasteiger partial charge in [0.25, 0.3) is 10.1 Å². The molecule has 0 amide bonds. The Kier molecular flexibility index (Phi) is 13.8. The normalized spacial score (nSPS) is 34.9. The maximum absolute atomic E-state index is 12.4. The van der Waals surface area contributed by atoms with Crippen LogP contribution in [0, 0.1) is 39.9 Å². The number of hydrogen-bond acceptors (Lipinski definition) is 15. The summed E-state index contributed by atoms with van der Waals surface area (Å²) in [5.41, 5.74) is -2.49. The van der Waals surface area contributed by atoms with E-state index in [-0.39, 0.29) is 54.1 Å². The third-order valence-electron chi connectivity index (χ3n) is 13.9. The van der Waals surface area contributed by atoms with E-state index in [2.05, 4.69) is 4.74 Å². The lowest BCUT2D eigenvalue weighted by Crippen LogP contribution is -2.61. The molecule has 0 aromatic rings. The number of hydrogen-bond donors (Lipinski definition) is 1. The first-order chi connectivity index (χ1) is 26.9. The van der Waals surface area contributed by atoms with Gasteiger partial charge in [0, 0.05) is 18.8 Å². The first-order valence-electron chi connectivity index (χ1n) is 21.1. The Balaban J connectivity index is 0.000000166. The first kappa shape index (κ1) is 46.2. The largest absolute Gasteiger partial charge is 0.463 e. The van der Waals surface area contributed by atoms with Crippen LogP contribution in [0.2, 0.25) is 0 Å². The molecular weight excluding hydrogens is 777 g/mol. The molecule has 2 saturated heterocycles. The van der Waals surface area contributed by atoms with Crippen molar-refractivity contribution in [1.29, 1.82) is 0 Å². The Bertz CT molecular complexity index is 1650. The summed E-state index contributed by atoms with van der Waals surface area (Å²) < 4.78 is 59.9. The van der Waals surface area contributed by atoms with Gasteiger partial charge in [0.1, 0.15) is 11.7 Å². The summed E-state index contributed by atoms with van der Waals surface area (Å²) in [4.78, 5) is 58.2. The summed E-state index contributed by atoms with van der Waals surface area (Å²) in [5, 5.41) is 10.3. The maximum atomic E-state index is 12.4. The van der Waals surface area contributed by atoms with Crippen LogP contribution in [0.3, 0.4) is 0 Å². The highest BCUT2D eigenvalue weighted by molar-refractivity contribution is 7.87. The van der Waals surface area contributed by atoms with E-state index in [0.29, 0.717) is 43.9 Å². The highest BCUT2D eigenvalue weighted by atomic mass is 32.2. The number of ether oxygens (including phenoxy) is 6. The van der Waals surface area contributed by atoms with Crippen LogP contribution in [-0.4, -0.2) is 98.1 Å². The third-order valence-corrected chi connectivity index (χ3v) is 15.7. The number of cyclic esters (lactones) is 1. The molecule has 8 rings (SSSR count). The van der Waals surface area contributed by atoms with Gasteiger partial charge in [-0.2, -0.15) is 8.42 Å². The van der Waals surface area contributed by atoms with Gasteiger partial charge >= 0.3 is 29.8 Å². The Labute approximate surface area is 343 Å². The van der Waals surface area contributed by atoms with Crippen LogP contribution in [-0.2, 0) is 66.7 Å². The smallest absolute Gasteiger partial charge is 0.347 e. The average Bonchev–Trinajstić information content (AvgIpc) is 3.88. The van der Waals surface area contributed by atoms with Crippen LogP contribution in [0.25, 0.3) is 0 Å². The lowest BCUT2D eigenvalue weighted by atomic mass is 9.52. The molecule has 6 saturated carbocycles. The average molecular weight is 843 g/mol. The lowest BCUT2D eigenvalue weighted by Gasteiger charge is -2.59. The quantitative estimate of drug-likeness (QED) is 0.108. The van der Waals surface area contributed by atoms with Crippen molar-refractivity contribution in [2.45, 2.75) is 174 Å². The molecule has 2 aliphatic heterocycles. The molecule has 8 unspecified atom stereocenters. The minimum Gasteiger partial charge on any atom is -0.463 e. The van der Waals surface area contributed by atoms with Gasteiger partial charge in [0.2, 0.25) is 6.10 Å². The summed E-state index contributed by atoms with van der Waals surface area (Å²) in [6, 6.07) is 0. The van der Waals surface area contributed by atoms with Gasteiger partial charge in [-0.15, -0.1) is 0 Å². The third kappa shape index (κ3) is 10.2. The van der Waals surface area contributed by atoms with E-state index in [9.17, 15) is 37.5 Å². The molecule has 15 nitrogen and oxygen atoms in total. The second kappa shape index (κ2) is 17.3. The van der Waals surface area contributed by atoms with E-state index in [1.165, 1.54) is 6.42 Å². The standard InChI is InChI=1S/C16H26O3.C14H22O6S.C12H18O6/c1-4-14(2,3)13(17)19-16-8-11-5-12(9-16)7-15(18,6-11)10-16;1-4-14(2,3)13(15)19-7-18-11-8-5-9-10(6-8)21(16,17)20-12(9)11;1-4-12(2,3)11(15)17-7-9(13)18-8-5-6-16-10(8)14/h11-12,18H,4-10H2,1-3H3;8-12H,4-7H2,1-3H3;8H,4-7H2,1-3H3. The van der Waals surface area contributed by atoms with Crippen molar-refractivity contribution in [3.8, 4) is 0 Å². The zero-order chi connectivity index (χ0) is 43.1. The molecule has 0 aromatic heterocycles. The van der Waals surface area contributed by atoms with Gasteiger partial charge in [-0.1, -0.05) is 20.8 Å². The molecule has 6 bridgehead atoms. The van der Waals surface area contributed by atoms with Crippen LogP contribution < -0.4 is 0 Å². The van der Waals surface area contributed by atoms with Crippen LogP contribution in [0.4, 0.5) is 0 Å². The number of aliphatic hydroxyl groups is 1. The van der Waals surface area contributed by atoms with Crippen molar-refractivity contribution in [3.63, 3.8) is 0 Å². The van der Waals surface area contributed by atoms with Gasteiger partial charge in [0.05, 0.1) is 39.8 Å². The van der Waals surface area contributed by atoms with Crippen molar-refractivity contribution in [2.75, 3.05) is 20.0 Å². The maximum Gasteiger partial charge on any atom is 0.347 e. The van der Waals surface area contributed by atoms with Crippen LogP contribution in [0.15, 0.2) is 0 Å². The zero-order valence-corrected chi connectivity index (χ0v) is 36.6. The second-order valence-corrected chi connectivity index (χ2v) is 21.4. The summed E-state index contributed by atoms with van der Waals surface area (Å²) in [6.45, 7) is 16.4. The van der Waals surface area contributed by atoms with Crippen LogP contribution in [0.1, 0.15) is 139 Å². The second-order valence-electron chi connectivity index (χ2n) is 19.6. The fourth-order valence-corrected chi connectivity index (χ4v) is 11.5. The van der Waals surface area contributed by atoms with E-state index in [0.717, 1.165) is 38.5 Å². The van der Waals surface area contributed by atoms with E-state index in [4.69, 9.17) is 27.9 Å². The van der Waals surface area contributed by atoms with Crippen molar-refractivity contribution >= 4 is 40.0 Å². The molecule has 8 aliphatic rings. The minimum atomic E-state index is -3.42. The number of fused-ring (bicyclic) bond motifs is 1. The zero-order valence-electron chi connectivity index (χ0n) is 35.8. The van der Waals surface area contributed by atoms with Crippen molar-refractivity contribution < 1.29 is 70.1 Å². The summed E-state index contributed by atoms with van der Waals surface area (Å²) >= 11 is 0. The number of rotatable bonds is 13. The Morgan fingerprint density at radius 1 is 0.810 bits per heavy atom. The summed E-state index contributed by atoms with van der Waals surface area (Å²) in [7, 11) is -3.42. The highest BCUT2D eigenvalue weighted by Gasteiger charge is 2.65. The van der Waals surface area contributed by atoms with E-state index >= 15 is 0 Å². The Morgan fingerprint density at radius 3 is 1.91 bits per heavy atom. The predicted molar refractivity (Wildman–Crippen MR) is 207 cm³/mol. The predicted octanol–water partition coefficient (Wildman–Crippen LogP) is 5.32. The highest BCUT2D eigenvalue weighted by Crippen LogP contribution is 2.59. The molecule has 0 radical (unpaired) electrons. The van der Waals surface area contributed by atoms with Gasteiger partial charge in [-0.25, -0.2) is 9.59 Å². The van der Waals surface area contributed by atoms with Gasteiger partial charge in [-0.05, 0) is 124 Å². The molecule has 16 heteroatoms. The lowest BCUT2D eigenvalue weighted by molar-refractivity contribution is -0.225. The molecule has 8 fully saturated rings. The first-order valence-corrected chi connectivity index (χ1v) is 22.6. The van der Waals surface area contributed by atoms with Gasteiger partial charge in [-0.3, -0.25) is 18.6 Å². The molecule has 58 heavy (non-hydrogen) atoms. The molecule has 6 aliphatic carbocycles. The summed E-state index contributed by atoms with van der Waals surface area (Å²) in [5.74, 6) is -0.773. The van der Waals surface area contributed by atoms with Gasteiger partial charge < -0.3 is 33.5 Å². The fourth-order valence-electron chi connectivity index (χ4n) is 9.59. The number of carbonyl (C=O) groups excluding carboxylic acids is 5. The van der Waals surface area contributed by atoms with E-state index in [1.54, 1.807) is 13.8 Å². The van der Waals surface area contributed by atoms with E-state index < -0.39 is 68.7 Å². The molecular formula is C42H66O15S. The molecule has 1 N–H and O–H groups in total. The van der Waals surface area contributed by atoms with Gasteiger partial charge in [0.15, 0.2) is 13.4 Å². The van der Waals surface area contributed by atoms with Crippen molar-refractivity contribution in [2.24, 2.45) is 39.9 Å². The molecule has 8 atom stereocenters. The molecule has 2 heterocycles. The van der Waals surface area contributed by atoms with Crippen LogP contribution >= 0.6 is 0 Å². The van der Waals surface area contributed by atoms with E-state index in [1.807, 2.05) is 48.5 Å². The Morgan fingerprint density at radius 2 is 1.38 bits per heavy atom. The molecule has 0 aromatic carbocycles. The Hall–Kier alpha value is -2.82. The topological polar surface area (TPSA) is 204 Å². The molecule has 0 spiro atoms. The SMILES string of the molecule is CCC(C)(C)C(=O)OC12CC3CC(CC(O)(C3)C1)C2.CCC(C)(C)C(=O)OCC(=O)OC1CCOC1=O.CCC(C)(C)C(=O)OCOC1C2CC3C1OS(=O)(=O)C3C2.